The predicted octanol–water partition coefficient (Wildman–Crippen LogP) is 2.33. The van der Waals surface area contributed by atoms with Crippen molar-refractivity contribution in [2.45, 2.75) is 98.8 Å². The molecule has 0 bridgehead atoms. The van der Waals surface area contributed by atoms with Crippen molar-refractivity contribution in [1.29, 1.82) is 0 Å². The summed E-state index contributed by atoms with van der Waals surface area (Å²) in [5.74, 6) is -4.07. The van der Waals surface area contributed by atoms with E-state index in [2.05, 4.69) is 21.3 Å². The molecular weight excluding hydrogens is 644 g/mol. The lowest BCUT2D eigenvalue weighted by molar-refractivity contribution is -0.144. The van der Waals surface area contributed by atoms with E-state index in [-0.39, 0.29) is 37.8 Å². The van der Waals surface area contributed by atoms with Gasteiger partial charge >= 0.3 is 6.09 Å². The fraction of sp³-hybridized carbons (Fsp3) is 0.639. The van der Waals surface area contributed by atoms with Gasteiger partial charge in [0.15, 0.2) is 0 Å². The van der Waals surface area contributed by atoms with E-state index in [0.29, 0.717) is 12.0 Å². The maximum atomic E-state index is 14.0. The van der Waals surface area contributed by atoms with Crippen molar-refractivity contribution in [3.05, 3.63) is 35.9 Å². The number of rotatable bonds is 15. The third kappa shape index (κ3) is 12.1. The monoisotopic (exact) mass is 700 g/mol. The highest BCUT2D eigenvalue weighted by molar-refractivity contribution is 6.38. The zero-order chi connectivity index (χ0) is 38.0. The van der Waals surface area contributed by atoms with Crippen LogP contribution in [-0.4, -0.2) is 103 Å². The maximum absolute atomic E-state index is 14.0. The Kier molecular flexibility index (Phi) is 15.0. The highest BCUT2D eigenvalue weighted by Crippen LogP contribution is 2.36. The van der Waals surface area contributed by atoms with Gasteiger partial charge in [-0.2, -0.15) is 0 Å². The van der Waals surface area contributed by atoms with Crippen LogP contribution in [0.4, 0.5) is 4.79 Å². The van der Waals surface area contributed by atoms with E-state index in [1.807, 2.05) is 27.7 Å². The SMILES string of the molecule is CCCC(NC(=O)[C@@H]1CC(C)(C)CN1C(=O)[C@@H](NC(=O)OCC(C)C)C(C)(C)C)C(=O)C(=O)NCC(=O)NC(C(=O)N(C)C)c1ccccc1. The average molecular weight is 701 g/mol. The third-order valence-corrected chi connectivity index (χ3v) is 8.20. The van der Waals surface area contributed by atoms with Gasteiger partial charge in [0.1, 0.15) is 18.1 Å². The molecule has 1 aromatic rings. The molecule has 1 fully saturated rings. The number of carbonyl (C=O) groups is 7. The number of hydrogen-bond donors (Lipinski definition) is 4. The van der Waals surface area contributed by atoms with Crippen molar-refractivity contribution in [3.8, 4) is 0 Å². The van der Waals surface area contributed by atoms with E-state index in [4.69, 9.17) is 4.74 Å². The second-order valence-corrected chi connectivity index (χ2v) is 15.3. The standard InChI is InChI=1S/C36H56N6O8/c1-11-15-24(28(44)31(46)37-19-26(43)39-27(32(47)41(9)10)23-16-13-12-14-17-23)38-30(45)25-18-36(7,8)21-42(25)33(48)29(35(4,5)6)40-34(49)50-20-22(2)3/h12-14,16-17,22,24-25,27,29H,11,15,18-21H2,1-10H3,(H,37,46)(H,38,45)(H,39,43)(H,40,49)/t24?,25-,27?,29+/m0/s1. The summed E-state index contributed by atoms with van der Waals surface area (Å²) in [5, 5.41) is 10.3. The normalized spacial score (nSPS) is 17.2. The van der Waals surface area contributed by atoms with Gasteiger partial charge in [-0.1, -0.05) is 92.1 Å². The van der Waals surface area contributed by atoms with Gasteiger partial charge in [0.05, 0.1) is 19.2 Å². The molecule has 0 saturated carbocycles. The van der Waals surface area contributed by atoms with Crippen LogP contribution in [-0.2, 0) is 33.5 Å². The molecule has 14 heteroatoms. The topological polar surface area (TPSA) is 183 Å². The summed E-state index contributed by atoms with van der Waals surface area (Å²) >= 11 is 0. The molecule has 278 valence electrons. The van der Waals surface area contributed by atoms with Crippen molar-refractivity contribution in [2.75, 3.05) is 33.8 Å². The van der Waals surface area contributed by atoms with Crippen LogP contribution >= 0.6 is 0 Å². The Hall–Kier alpha value is -4.49. The fourth-order valence-corrected chi connectivity index (χ4v) is 5.59. The number of Topliss-reactive ketones (excluding diaryl/α,β-unsaturated/α-hetero) is 1. The van der Waals surface area contributed by atoms with Crippen molar-refractivity contribution >= 4 is 41.4 Å². The molecule has 1 aliphatic rings. The van der Waals surface area contributed by atoms with Gasteiger partial charge in [0, 0.05) is 20.6 Å². The molecule has 1 saturated heterocycles. The summed E-state index contributed by atoms with van der Waals surface area (Å²) in [6, 6.07) is 4.41. The van der Waals surface area contributed by atoms with Crippen LogP contribution in [0.5, 0.6) is 0 Å². The van der Waals surface area contributed by atoms with E-state index in [1.54, 1.807) is 72.1 Å². The van der Waals surface area contributed by atoms with Crippen molar-refractivity contribution in [1.82, 2.24) is 31.1 Å². The number of benzene rings is 1. The van der Waals surface area contributed by atoms with E-state index >= 15 is 0 Å². The first-order valence-corrected chi connectivity index (χ1v) is 17.1. The van der Waals surface area contributed by atoms with Crippen molar-refractivity contribution in [3.63, 3.8) is 0 Å². The molecule has 0 radical (unpaired) electrons. The molecule has 2 rings (SSSR count). The van der Waals surface area contributed by atoms with Crippen LogP contribution < -0.4 is 21.3 Å². The van der Waals surface area contributed by atoms with Gasteiger partial charge < -0.3 is 35.8 Å². The molecule has 1 aliphatic heterocycles. The van der Waals surface area contributed by atoms with Crippen LogP contribution in [0.1, 0.15) is 86.3 Å². The first-order valence-electron chi connectivity index (χ1n) is 17.1. The number of alkyl carbamates (subject to hydrolysis) is 1. The van der Waals surface area contributed by atoms with Gasteiger partial charge in [0.25, 0.3) is 5.91 Å². The molecular formula is C36H56N6O8. The summed E-state index contributed by atoms with van der Waals surface area (Å²) in [6.07, 6.45) is 0.130. The first kappa shape index (κ1) is 41.7. The Balaban J connectivity index is 2.16. The molecule has 2 unspecified atom stereocenters. The van der Waals surface area contributed by atoms with Crippen LogP contribution in [0, 0.1) is 16.7 Å². The minimum absolute atomic E-state index is 0.0979. The summed E-state index contributed by atoms with van der Waals surface area (Å²) in [6.45, 7) is 14.6. The van der Waals surface area contributed by atoms with E-state index in [1.165, 1.54) is 9.80 Å². The van der Waals surface area contributed by atoms with E-state index in [0.717, 1.165) is 0 Å². The number of nitrogens with zero attached hydrogens (tertiary/aromatic N) is 2. The Morgan fingerprint density at radius 3 is 2.14 bits per heavy atom. The van der Waals surface area contributed by atoms with Crippen LogP contribution in [0.2, 0.25) is 0 Å². The third-order valence-electron chi connectivity index (χ3n) is 8.20. The van der Waals surface area contributed by atoms with Gasteiger partial charge in [-0.3, -0.25) is 28.8 Å². The molecule has 4 N–H and O–H groups in total. The molecule has 1 aromatic carbocycles. The Bertz CT molecular complexity index is 1390. The smallest absolute Gasteiger partial charge is 0.407 e. The number of ether oxygens (including phenoxy) is 1. The fourth-order valence-electron chi connectivity index (χ4n) is 5.59. The van der Waals surface area contributed by atoms with E-state index in [9.17, 15) is 33.6 Å². The Morgan fingerprint density at radius 2 is 1.60 bits per heavy atom. The molecule has 0 aromatic heterocycles. The maximum Gasteiger partial charge on any atom is 0.407 e. The molecule has 6 amide bonds. The lowest BCUT2D eigenvalue weighted by Gasteiger charge is -2.35. The molecule has 0 aliphatic carbocycles. The molecule has 4 atom stereocenters. The number of likely N-dealkylation sites (N-methyl/N-ethyl adjacent to an activating group) is 1. The number of likely N-dealkylation sites (tertiary alicyclic amines) is 1. The van der Waals surface area contributed by atoms with Crippen molar-refractivity contribution in [2.24, 2.45) is 16.7 Å². The predicted molar refractivity (Wildman–Crippen MR) is 187 cm³/mol. The highest BCUT2D eigenvalue weighted by Gasteiger charge is 2.48. The Morgan fingerprint density at radius 1 is 0.980 bits per heavy atom. The number of ketones is 1. The first-order chi connectivity index (χ1) is 23.2. The number of nitrogens with one attached hydrogen (secondary N) is 4. The van der Waals surface area contributed by atoms with Gasteiger partial charge in [-0.05, 0) is 35.2 Å². The largest absolute Gasteiger partial charge is 0.449 e. The quantitative estimate of drug-likeness (QED) is 0.201. The van der Waals surface area contributed by atoms with Gasteiger partial charge in [-0.25, -0.2) is 4.79 Å². The van der Waals surface area contributed by atoms with Crippen LogP contribution in [0.25, 0.3) is 0 Å². The molecule has 1 heterocycles. The number of hydrogen-bond acceptors (Lipinski definition) is 8. The van der Waals surface area contributed by atoms with Crippen LogP contribution in [0.3, 0.4) is 0 Å². The summed E-state index contributed by atoms with van der Waals surface area (Å²) in [4.78, 5) is 94.9. The lowest BCUT2D eigenvalue weighted by atomic mass is 9.85. The number of carbonyl (C=O) groups excluding carboxylic acids is 7. The highest BCUT2D eigenvalue weighted by atomic mass is 16.5. The average Bonchev–Trinajstić information content (AvgIpc) is 3.37. The molecule has 50 heavy (non-hydrogen) atoms. The second kappa shape index (κ2) is 18.0. The zero-order valence-corrected chi connectivity index (χ0v) is 31.2. The molecule has 14 nitrogen and oxygen atoms in total. The van der Waals surface area contributed by atoms with Gasteiger partial charge in [0.2, 0.25) is 29.4 Å². The number of amides is 6. The minimum atomic E-state index is -1.22. The van der Waals surface area contributed by atoms with Gasteiger partial charge in [-0.15, -0.1) is 0 Å². The lowest BCUT2D eigenvalue weighted by Crippen LogP contribution is -2.59. The summed E-state index contributed by atoms with van der Waals surface area (Å²) < 4.78 is 5.26. The van der Waals surface area contributed by atoms with E-state index < -0.39 is 77.0 Å². The summed E-state index contributed by atoms with van der Waals surface area (Å²) in [5.41, 5.74) is -0.641. The zero-order valence-electron chi connectivity index (χ0n) is 31.2. The minimum Gasteiger partial charge on any atom is -0.449 e. The Labute approximate surface area is 295 Å². The second-order valence-electron chi connectivity index (χ2n) is 15.3. The summed E-state index contributed by atoms with van der Waals surface area (Å²) in [7, 11) is 3.11. The molecule has 0 spiro atoms. The van der Waals surface area contributed by atoms with Crippen molar-refractivity contribution < 1.29 is 38.3 Å². The van der Waals surface area contributed by atoms with Crippen LogP contribution in [0.15, 0.2) is 30.3 Å².